The number of amides is 2. The van der Waals surface area contributed by atoms with E-state index in [0.29, 0.717) is 35.2 Å². The summed E-state index contributed by atoms with van der Waals surface area (Å²) in [6.07, 6.45) is 5.18. The SMILES string of the molecule is COc1cccc(C2C(NC(=O)c3cc(C4CC4)on3)CCN2C2CC2C2CC2c2cc(C(=O)N[C@H]3CN(C)C[C@H]3c3ccccc3)no2)c1. The zero-order valence-corrected chi connectivity index (χ0v) is 28.5. The molecule has 2 amide bonds. The second kappa shape index (κ2) is 12.7. The molecule has 6 unspecified atom stereocenters. The van der Waals surface area contributed by atoms with Gasteiger partial charge < -0.3 is 29.3 Å². The molecule has 2 saturated heterocycles. The van der Waals surface area contributed by atoms with Crippen LogP contribution in [0.5, 0.6) is 5.75 Å². The first-order chi connectivity index (χ1) is 24.4. The summed E-state index contributed by atoms with van der Waals surface area (Å²) in [7, 11) is 3.78. The van der Waals surface area contributed by atoms with Crippen molar-refractivity contribution in [1.29, 1.82) is 0 Å². The standard InChI is InChI=1S/C39H44N6O5/c1-44-20-29(22-7-4-3-5-8-22)33(21-44)41-39(47)32-19-36(50-43-32)28-16-26(28)27-17-34(27)45-14-13-30(37(45)24-9-6-10-25(15-24)48-2)40-38(46)31-18-35(49-42-31)23-11-12-23/h3-10,15,18-19,23,26-30,33-34,37H,11-14,16-17,20-21H2,1-2H3,(H,40,46)(H,41,47)/t26?,27?,28?,29-,30?,33-,34?,37?/m0/s1. The zero-order valence-electron chi connectivity index (χ0n) is 28.5. The van der Waals surface area contributed by atoms with Crippen LogP contribution in [0, 0.1) is 11.8 Å². The average molecular weight is 677 g/mol. The molecule has 11 nitrogen and oxygen atoms in total. The number of hydrogen-bond acceptors (Lipinski definition) is 9. The lowest BCUT2D eigenvalue weighted by atomic mass is 9.94. The van der Waals surface area contributed by atoms with Crippen LogP contribution in [0.25, 0.3) is 0 Å². The van der Waals surface area contributed by atoms with Crippen molar-refractivity contribution in [2.75, 3.05) is 33.8 Å². The van der Waals surface area contributed by atoms with E-state index in [-0.39, 0.29) is 41.8 Å². The Labute approximate surface area is 291 Å². The highest BCUT2D eigenvalue weighted by Gasteiger charge is 2.59. The van der Waals surface area contributed by atoms with Crippen molar-refractivity contribution in [3.63, 3.8) is 0 Å². The van der Waals surface area contributed by atoms with Gasteiger partial charge in [0.05, 0.1) is 19.2 Å². The van der Waals surface area contributed by atoms with E-state index < -0.39 is 0 Å². The molecule has 0 bridgehead atoms. The van der Waals surface area contributed by atoms with Gasteiger partial charge in [-0.25, -0.2) is 0 Å². The summed E-state index contributed by atoms with van der Waals surface area (Å²) in [5.41, 5.74) is 3.08. The van der Waals surface area contributed by atoms with Crippen LogP contribution in [0.2, 0.25) is 0 Å². The first-order valence-electron chi connectivity index (χ1n) is 18.1. The molecule has 2 aliphatic heterocycles. The van der Waals surface area contributed by atoms with Crippen molar-refractivity contribution in [2.45, 2.75) is 74.0 Å². The molecule has 8 atom stereocenters. The highest BCUT2D eigenvalue weighted by molar-refractivity contribution is 5.93. The van der Waals surface area contributed by atoms with E-state index in [1.807, 2.05) is 24.3 Å². The topological polar surface area (TPSA) is 126 Å². The Bertz CT molecular complexity index is 1870. The van der Waals surface area contributed by atoms with Gasteiger partial charge in [0.15, 0.2) is 11.4 Å². The van der Waals surface area contributed by atoms with E-state index in [0.717, 1.165) is 74.6 Å². The van der Waals surface area contributed by atoms with Crippen LogP contribution in [-0.2, 0) is 0 Å². The smallest absolute Gasteiger partial charge is 0.273 e. The van der Waals surface area contributed by atoms with Gasteiger partial charge in [0, 0.05) is 61.6 Å². The number of likely N-dealkylation sites (tertiary alicyclic amines) is 2. The van der Waals surface area contributed by atoms with E-state index in [1.54, 1.807) is 13.2 Å². The molecule has 9 rings (SSSR count). The minimum absolute atomic E-state index is 0.0127. The predicted molar refractivity (Wildman–Crippen MR) is 184 cm³/mol. The van der Waals surface area contributed by atoms with Crippen molar-refractivity contribution in [2.24, 2.45) is 11.8 Å². The van der Waals surface area contributed by atoms with Gasteiger partial charge in [-0.15, -0.1) is 0 Å². The quantitative estimate of drug-likeness (QED) is 0.223. The summed E-state index contributed by atoms with van der Waals surface area (Å²) in [6.45, 7) is 2.59. The minimum Gasteiger partial charge on any atom is -0.497 e. The number of nitrogens with zero attached hydrogens (tertiary/aromatic N) is 4. The van der Waals surface area contributed by atoms with E-state index in [4.69, 9.17) is 13.8 Å². The number of ether oxygens (including phenoxy) is 1. The number of benzene rings is 2. The van der Waals surface area contributed by atoms with Gasteiger partial charge >= 0.3 is 0 Å². The average Bonchev–Trinajstić information content (AvgIpc) is 4.09. The molecule has 5 aliphatic rings. The number of methoxy groups -OCH3 is 1. The number of carbonyl (C=O) groups excluding carboxylic acids is 2. The number of likely N-dealkylation sites (N-methyl/N-ethyl adjacent to an activating group) is 1. The minimum atomic E-state index is -0.185. The van der Waals surface area contributed by atoms with Crippen LogP contribution in [0.15, 0.2) is 75.8 Å². The Balaban J connectivity index is 0.854. The molecule has 2 aromatic heterocycles. The summed E-state index contributed by atoms with van der Waals surface area (Å²) in [5.74, 6) is 3.99. The third kappa shape index (κ3) is 6.11. The van der Waals surface area contributed by atoms with Gasteiger partial charge in [-0.1, -0.05) is 52.8 Å². The second-order valence-electron chi connectivity index (χ2n) is 15.1. The first kappa shape index (κ1) is 31.5. The van der Waals surface area contributed by atoms with Gasteiger partial charge in [-0.05, 0) is 74.2 Å². The van der Waals surface area contributed by atoms with E-state index >= 15 is 0 Å². The normalized spacial score (nSPS) is 30.7. The summed E-state index contributed by atoms with van der Waals surface area (Å²) in [6, 6.07) is 22.6. The molecule has 11 heteroatoms. The predicted octanol–water partition coefficient (Wildman–Crippen LogP) is 5.11. The Kier molecular flexibility index (Phi) is 7.99. The molecule has 50 heavy (non-hydrogen) atoms. The van der Waals surface area contributed by atoms with Crippen molar-refractivity contribution < 1.29 is 23.4 Å². The van der Waals surface area contributed by atoms with Crippen LogP contribution >= 0.6 is 0 Å². The summed E-state index contributed by atoms with van der Waals surface area (Å²) >= 11 is 0. The molecule has 0 spiro atoms. The maximum atomic E-state index is 13.3. The molecule has 2 aromatic carbocycles. The van der Waals surface area contributed by atoms with Crippen molar-refractivity contribution in [1.82, 2.24) is 30.7 Å². The van der Waals surface area contributed by atoms with Gasteiger partial charge in [0.1, 0.15) is 17.3 Å². The lowest BCUT2D eigenvalue weighted by Gasteiger charge is -2.30. The Morgan fingerprint density at radius 3 is 2.26 bits per heavy atom. The van der Waals surface area contributed by atoms with Crippen LogP contribution in [0.1, 0.15) is 99.5 Å². The Morgan fingerprint density at radius 2 is 1.50 bits per heavy atom. The van der Waals surface area contributed by atoms with Crippen LogP contribution in [-0.4, -0.2) is 83.8 Å². The third-order valence-corrected chi connectivity index (χ3v) is 11.7. The van der Waals surface area contributed by atoms with Gasteiger partial charge in [0.2, 0.25) is 0 Å². The molecule has 3 saturated carbocycles. The largest absolute Gasteiger partial charge is 0.497 e. The Hall–Kier alpha value is -4.48. The lowest BCUT2D eigenvalue weighted by Crippen LogP contribution is -2.40. The monoisotopic (exact) mass is 676 g/mol. The van der Waals surface area contributed by atoms with E-state index in [1.165, 1.54) is 5.56 Å². The first-order valence-corrected chi connectivity index (χ1v) is 18.1. The summed E-state index contributed by atoms with van der Waals surface area (Å²) < 4.78 is 16.9. The van der Waals surface area contributed by atoms with Crippen molar-refractivity contribution in [3.05, 3.63) is 101 Å². The molecule has 4 heterocycles. The van der Waals surface area contributed by atoms with Gasteiger partial charge in [0.25, 0.3) is 11.8 Å². The molecule has 4 aromatic rings. The number of hydrogen-bond donors (Lipinski definition) is 2. The summed E-state index contributed by atoms with van der Waals surface area (Å²) in [5, 5.41) is 14.9. The second-order valence-corrected chi connectivity index (χ2v) is 15.1. The Morgan fingerprint density at radius 1 is 0.780 bits per heavy atom. The van der Waals surface area contributed by atoms with Crippen molar-refractivity contribution in [3.8, 4) is 5.75 Å². The molecule has 5 fully saturated rings. The number of aromatic nitrogens is 2. The molecule has 0 radical (unpaired) electrons. The highest BCUT2D eigenvalue weighted by atomic mass is 16.5. The lowest BCUT2D eigenvalue weighted by molar-refractivity contribution is 0.0909. The molecule has 3 aliphatic carbocycles. The van der Waals surface area contributed by atoms with E-state index in [2.05, 4.69) is 74.2 Å². The molecule has 260 valence electrons. The maximum absolute atomic E-state index is 13.3. The highest BCUT2D eigenvalue weighted by Crippen LogP contribution is 2.62. The van der Waals surface area contributed by atoms with Crippen LogP contribution < -0.4 is 15.4 Å². The van der Waals surface area contributed by atoms with E-state index in [9.17, 15) is 9.59 Å². The maximum Gasteiger partial charge on any atom is 0.273 e. The van der Waals surface area contributed by atoms with Crippen LogP contribution in [0.3, 0.4) is 0 Å². The number of rotatable bonds is 11. The molecule has 2 N–H and O–H groups in total. The zero-order chi connectivity index (χ0) is 33.9. The summed E-state index contributed by atoms with van der Waals surface area (Å²) in [4.78, 5) is 31.5. The fourth-order valence-corrected chi connectivity index (χ4v) is 8.84. The van der Waals surface area contributed by atoms with Crippen LogP contribution in [0.4, 0.5) is 0 Å². The molecular formula is C39H44N6O5. The fourth-order valence-electron chi connectivity index (χ4n) is 8.84. The molecular weight excluding hydrogens is 632 g/mol. The fraction of sp³-hybridized carbons (Fsp3) is 0.487. The number of nitrogens with one attached hydrogen (secondary N) is 2. The third-order valence-electron chi connectivity index (χ3n) is 11.7. The van der Waals surface area contributed by atoms with Crippen molar-refractivity contribution >= 4 is 11.8 Å². The number of carbonyl (C=O) groups is 2. The van der Waals surface area contributed by atoms with Gasteiger partial charge in [-0.2, -0.15) is 0 Å². The van der Waals surface area contributed by atoms with Gasteiger partial charge in [-0.3, -0.25) is 14.5 Å².